The van der Waals surface area contributed by atoms with Crippen LogP contribution < -0.4 is 50.1 Å². The second kappa shape index (κ2) is 11.6. The Morgan fingerprint density at radius 3 is 2.29 bits per heavy atom. The molecule has 0 spiro atoms. The van der Waals surface area contributed by atoms with E-state index in [2.05, 4.69) is 15.4 Å². The number of H-pyrrole nitrogens is 1. The molecule has 0 amide bonds. The van der Waals surface area contributed by atoms with Crippen molar-refractivity contribution < 1.29 is 60.0 Å². The molecule has 1 rings (SSSR count). The van der Waals surface area contributed by atoms with Gasteiger partial charge in [-0.2, -0.15) is 5.10 Å². The first-order valence-electron chi connectivity index (χ1n) is 2.87. The molecule has 14 heavy (non-hydrogen) atoms. The molecular weight excluding hydrogens is 337 g/mol. The molecule has 0 aliphatic carbocycles. The van der Waals surface area contributed by atoms with Crippen molar-refractivity contribution in [3.05, 3.63) is 6.33 Å². The summed E-state index contributed by atoms with van der Waals surface area (Å²) in [6.45, 7) is 1.13. The van der Waals surface area contributed by atoms with Gasteiger partial charge >= 0.3 is 29.6 Å². The van der Waals surface area contributed by atoms with Crippen molar-refractivity contribution in [2.75, 3.05) is 0 Å². The van der Waals surface area contributed by atoms with Gasteiger partial charge in [-0.05, 0) is 6.92 Å². The van der Waals surface area contributed by atoms with Crippen molar-refractivity contribution in [2.24, 2.45) is 0 Å². The Morgan fingerprint density at radius 1 is 1.79 bits per heavy atom. The number of aromatic nitrogens is 4. The van der Waals surface area contributed by atoms with Crippen molar-refractivity contribution in [3.8, 4) is 0 Å². The van der Waals surface area contributed by atoms with Gasteiger partial charge in [0.15, 0.2) is 5.21 Å². The Kier molecular flexibility index (Phi) is 16.6. The third-order valence-electron chi connectivity index (χ3n) is 0.693. The van der Waals surface area contributed by atoms with Gasteiger partial charge in [0.25, 0.3) is 29.2 Å². The number of carbonyl (C=O) groups is 1. The molecule has 2 N–H and O–H groups in total. The van der Waals surface area contributed by atoms with Gasteiger partial charge in [0, 0.05) is 3.01 Å². The first kappa shape index (κ1) is 20.0. The standard InChI is InChI=1S/C3H6O3.CHIN4.ClH.Na/c1-2(4)3(5)6;2-6-4-1-3-5-6;;/h2,4H,1H3,(H,5,6);1H;1H;/q;;;+1/p-1. The monoisotopic (exact) mass is 344 g/mol. The van der Waals surface area contributed by atoms with Crippen LogP contribution >= 0.6 is 22.9 Å². The molecule has 1 atom stereocenters. The SMILES string of the molecule is CC(O)C(=O)[O-].I[n+]1nnc[nH]1.[Cl-].[Na+]. The van der Waals surface area contributed by atoms with Crippen molar-refractivity contribution in [1.29, 1.82) is 0 Å². The summed E-state index contributed by atoms with van der Waals surface area (Å²) in [5.74, 6) is -1.44. The van der Waals surface area contributed by atoms with Crippen LogP contribution in [0.3, 0.4) is 0 Å². The van der Waals surface area contributed by atoms with Gasteiger partial charge in [0.05, 0.1) is 17.2 Å². The van der Waals surface area contributed by atoms with Gasteiger partial charge < -0.3 is 27.4 Å². The average Bonchev–Trinajstić information content (AvgIpc) is 2.40. The summed E-state index contributed by atoms with van der Waals surface area (Å²) in [6, 6.07) is 0. The minimum atomic E-state index is -1.44. The number of aromatic amines is 1. The molecule has 0 fully saturated rings. The maximum absolute atomic E-state index is 9.34. The minimum Gasteiger partial charge on any atom is -1.00 e. The molecule has 0 saturated carbocycles. The number of aliphatic carboxylic acids is 1. The molecular formula is C4H7ClIN4NaO3. The van der Waals surface area contributed by atoms with Crippen molar-refractivity contribution in [3.63, 3.8) is 0 Å². The number of carbonyl (C=O) groups excluding carboxylic acids is 1. The van der Waals surface area contributed by atoms with Crippen LogP contribution in [-0.2, 0) is 4.79 Å². The molecule has 0 saturated heterocycles. The summed E-state index contributed by atoms with van der Waals surface area (Å²) < 4.78 is 1.48. The summed E-state index contributed by atoms with van der Waals surface area (Å²) in [6.07, 6.45) is 0.164. The van der Waals surface area contributed by atoms with E-state index in [9.17, 15) is 9.90 Å². The van der Waals surface area contributed by atoms with Crippen LogP contribution in [0.2, 0.25) is 0 Å². The Hall–Kier alpha value is 0.520. The molecule has 0 radical (unpaired) electrons. The number of halogens is 2. The molecule has 76 valence electrons. The van der Waals surface area contributed by atoms with E-state index >= 15 is 0 Å². The van der Waals surface area contributed by atoms with Gasteiger partial charge in [-0.25, -0.2) is 0 Å². The Balaban J connectivity index is -0.000000151. The predicted octanol–water partition coefficient (Wildman–Crippen LogP) is -8.58. The van der Waals surface area contributed by atoms with Crippen molar-refractivity contribution in [1.82, 2.24) is 15.4 Å². The third-order valence-corrected chi connectivity index (χ3v) is 1.16. The van der Waals surface area contributed by atoms with Crippen molar-refractivity contribution in [2.45, 2.75) is 13.0 Å². The van der Waals surface area contributed by atoms with Gasteiger partial charge in [-0.1, -0.05) is 0 Å². The topological polar surface area (TPSA) is 106 Å². The van der Waals surface area contributed by atoms with Crippen molar-refractivity contribution >= 4 is 28.8 Å². The normalized spacial score (nSPS) is 9.64. The zero-order valence-electron chi connectivity index (χ0n) is 7.52. The largest absolute Gasteiger partial charge is 1.00 e. The van der Waals surface area contributed by atoms with Crippen LogP contribution in [0, 0.1) is 0 Å². The molecule has 1 unspecified atom stereocenters. The molecule has 1 heterocycles. The molecule has 1 aromatic rings. The number of aliphatic hydroxyl groups is 1. The van der Waals surface area contributed by atoms with E-state index in [1.165, 1.54) is 9.34 Å². The van der Waals surface area contributed by atoms with Crippen LogP contribution in [0.1, 0.15) is 6.92 Å². The summed E-state index contributed by atoms with van der Waals surface area (Å²) in [5.41, 5.74) is 0. The zero-order valence-corrected chi connectivity index (χ0v) is 12.4. The van der Waals surface area contributed by atoms with Crippen LogP contribution in [0.15, 0.2) is 6.33 Å². The summed E-state index contributed by atoms with van der Waals surface area (Å²) in [5, 5.41) is 27.0. The minimum absolute atomic E-state index is 0. The number of nitrogens with one attached hydrogen (secondary N) is 1. The quantitative estimate of drug-likeness (QED) is 0.389. The summed E-state index contributed by atoms with van der Waals surface area (Å²) in [4.78, 5) is 9.34. The van der Waals surface area contributed by atoms with E-state index in [1.54, 1.807) is 0 Å². The molecule has 0 aliphatic heterocycles. The molecule has 10 heteroatoms. The fourth-order valence-electron chi connectivity index (χ4n) is 0.170. The summed E-state index contributed by atoms with van der Waals surface area (Å²) in [7, 11) is 0. The average molecular weight is 344 g/mol. The second-order valence-corrected chi connectivity index (χ2v) is 2.63. The van der Waals surface area contributed by atoms with Crippen LogP contribution in [0.5, 0.6) is 0 Å². The fourth-order valence-corrected chi connectivity index (χ4v) is 0.406. The van der Waals surface area contributed by atoms with E-state index in [0.29, 0.717) is 0 Å². The first-order valence-corrected chi connectivity index (χ1v) is 3.84. The zero-order chi connectivity index (χ0) is 9.56. The number of hydrogen-bond donors (Lipinski definition) is 2. The smallest absolute Gasteiger partial charge is 1.00 e. The number of hydrogen-bond acceptors (Lipinski definition) is 5. The molecule has 7 nitrogen and oxygen atoms in total. The van der Waals surface area contributed by atoms with Gasteiger partial charge in [0.2, 0.25) is 0 Å². The predicted molar refractivity (Wildman–Crippen MR) is 42.7 cm³/mol. The van der Waals surface area contributed by atoms with E-state index < -0.39 is 12.1 Å². The van der Waals surface area contributed by atoms with E-state index in [-0.39, 0.29) is 42.0 Å². The Labute approximate surface area is 122 Å². The first-order chi connectivity index (χ1) is 5.54. The maximum Gasteiger partial charge on any atom is 1.00 e. The van der Waals surface area contributed by atoms with E-state index in [4.69, 9.17) is 5.11 Å². The fraction of sp³-hybridized carbons (Fsp3) is 0.500. The van der Waals surface area contributed by atoms with E-state index in [1.807, 2.05) is 22.9 Å². The number of carboxylic acids is 1. The number of nitrogens with zero attached hydrogens (tertiary/aromatic N) is 3. The maximum atomic E-state index is 9.34. The van der Waals surface area contributed by atoms with Crippen LogP contribution in [-0.4, -0.2) is 32.6 Å². The van der Waals surface area contributed by atoms with Gasteiger partial charge in [-0.15, -0.1) is 0 Å². The van der Waals surface area contributed by atoms with Gasteiger partial charge in [-0.3, -0.25) is 0 Å². The summed E-state index contributed by atoms with van der Waals surface area (Å²) >= 11 is 1.96. The molecule has 0 bridgehead atoms. The number of aliphatic hydroxyl groups excluding tert-OH is 1. The molecule has 0 aliphatic rings. The van der Waals surface area contributed by atoms with Crippen LogP contribution in [0.4, 0.5) is 0 Å². The third kappa shape index (κ3) is 12.5. The number of rotatable bonds is 1. The van der Waals surface area contributed by atoms with Gasteiger partial charge in [0.1, 0.15) is 0 Å². The number of carboxylic acid groups (broad SMARTS) is 1. The van der Waals surface area contributed by atoms with E-state index in [0.717, 1.165) is 6.92 Å². The van der Waals surface area contributed by atoms with Crippen LogP contribution in [0.25, 0.3) is 0 Å². The number of tetrazole rings is 1. The Bertz CT molecular complexity index is 235. The molecule has 1 aromatic heterocycles. The second-order valence-electron chi connectivity index (χ2n) is 1.72. The molecule has 0 aromatic carbocycles. The Morgan fingerprint density at radius 2 is 2.21 bits per heavy atom.